The Morgan fingerprint density at radius 1 is 0.805 bits per heavy atom. The molecule has 11 nitrogen and oxygen atoms in total. The summed E-state index contributed by atoms with van der Waals surface area (Å²) in [6.07, 6.45) is -3.02. The van der Waals surface area contributed by atoms with E-state index >= 15 is 0 Å². The zero-order valence-electron chi connectivity index (χ0n) is 24.8. The van der Waals surface area contributed by atoms with E-state index in [9.17, 15) is 19.2 Å². The van der Waals surface area contributed by atoms with Gasteiger partial charge in [0.05, 0.1) is 12.7 Å². The van der Waals surface area contributed by atoms with Gasteiger partial charge in [-0.15, -0.1) is 0 Å². The van der Waals surface area contributed by atoms with Crippen molar-refractivity contribution >= 4 is 24.2 Å². The van der Waals surface area contributed by atoms with Crippen LogP contribution in [0.3, 0.4) is 0 Å². The van der Waals surface area contributed by atoms with Crippen LogP contribution in [0.1, 0.15) is 70.8 Å². The molecule has 0 amide bonds. The summed E-state index contributed by atoms with van der Waals surface area (Å²) >= 11 is 0. The first kappa shape index (κ1) is 33.1. The smallest absolute Gasteiger partial charge is 0.468 e. The Kier molecular flexibility index (Phi) is 10.9. The van der Waals surface area contributed by atoms with Crippen molar-refractivity contribution in [2.24, 2.45) is 5.73 Å². The lowest BCUT2D eigenvalue weighted by Crippen LogP contribution is -2.53. The van der Waals surface area contributed by atoms with Crippen LogP contribution in [0.4, 0.5) is 9.59 Å². The van der Waals surface area contributed by atoms with Crippen LogP contribution in [0.15, 0.2) is 48.5 Å². The third-order valence-corrected chi connectivity index (χ3v) is 5.25. The number of rotatable bonds is 9. The fourth-order valence-corrected chi connectivity index (χ4v) is 3.72. The first-order chi connectivity index (χ1) is 18.9. The molecular formula is C30H39NO10. The average Bonchev–Trinajstić information content (AvgIpc) is 2.83. The predicted octanol–water partition coefficient (Wildman–Crippen LogP) is 5.36. The lowest BCUT2D eigenvalue weighted by Gasteiger charge is -2.29. The molecule has 0 heterocycles. The summed E-state index contributed by atoms with van der Waals surface area (Å²) in [6.45, 7) is 11.6. The van der Waals surface area contributed by atoms with Crippen molar-refractivity contribution in [1.29, 1.82) is 0 Å². The number of nitrogens with two attached hydrogens (primary N) is 1. The van der Waals surface area contributed by atoms with Crippen LogP contribution in [0, 0.1) is 0 Å². The van der Waals surface area contributed by atoms with E-state index in [1.54, 1.807) is 78.8 Å². The van der Waals surface area contributed by atoms with Crippen LogP contribution >= 0.6 is 0 Å². The van der Waals surface area contributed by atoms with E-state index in [0.29, 0.717) is 11.1 Å². The zero-order chi connectivity index (χ0) is 31.0. The Hall–Kier alpha value is -4.12. The SMILES string of the molecule is COC(=O)C(N)(Cc1ccc(OC(=O)OC(C)(C)C)c(OC(=O)OC(C)(C)C)c1)C[C@H](C)OC(=O)c1ccccc1. The maximum absolute atomic E-state index is 12.8. The van der Waals surface area contributed by atoms with Crippen molar-refractivity contribution in [2.75, 3.05) is 7.11 Å². The van der Waals surface area contributed by atoms with E-state index < -0.39 is 47.1 Å². The van der Waals surface area contributed by atoms with Crippen molar-refractivity contribution in [3.8, 4) is 11.5 Å². The molecule has 0 radical (unpaired) electrons. The van der Waals surface area contributed by atoms with Crippen molar-refractivity contribution in [2.45, 2.75) is 84.2 Å². The number of hydrogen-bond donors (Lipinski definition) is 1. The fraction of sp³-hybridized carbons (Fsp3) is 0.467. The molecule has 0 bridgehead atoms. The minimum absolute atomic E-state index is 0.0866. The van der Waals surface area contributed by atoms with Gasteiger partial charge in [0.2, 0.25) is 0 Å². The van der Waals surface area contributed by atoms with E-state index in [1.165, 1.54) is 25.3 Å². The molecule has 0 saturated heterocycles. The second-order valence-corrected chi connectivity index (χ2v) is 11.5. The number of hydrogen-bond acceptors (Lipinski definition) is 11. The Bertz CT molecular complexity index is 1230. The monoisotopic (exact) mass is 573 g/mol. The molecule has 2 N–H and O–H groups in total. The van der Waals surface area contributed by atoms with Gasteiger partial charge in [0, 0.05) is 12.8 Å². The normalized spacial score (nSPS) is 13.7. The molecule has 0 aliphatic heterocycles. The number of benzene rings is 2. The highest BCUT2D eigenvalue weighted by molar-refractivity contribution is 5.89. The maximum atomic E-state index is 12.8. The second kappa shape index (κ2) is 13.5. The van der Waals surface area contributed by atoms with Crippen LogP contribution in [0.25, 0.3) is 0 Å². The van der Waals surface area contributed by atoms with Crippen molar-refractivity contribution in [3.05, 3.63) is 59.7 Å². The lowest BCUT2D eigenvalue weighted by molar-refractivity contribution is -0.148. The van der Waals surface area contributed by atoms with Gasteiger partial charge in [0.1, 0.15) is 22.8 Å². The number of carbonyl (C=O) groups excluding carboxylic acids is 4. The molecule has 0 aliphatic rings. The number of methoxy groups -OCH3 is 1. The van der Waals surface area contributed by atoms with Crippen molar-refractivity contribution in [1.82, 2.24) is 0 Å². The lowest BCUT2D eigenvalue weighted by atomic mass is 9.86. The molecule has 41 heavy (non-hydrogen) atoms. The summed E-state index contributed by atoms with van der Waals surface area (Å²) < 4.78 is 31.5. The molecule has 1 unspecified atom stereocenters. The standard InChI is InChI=1S/C30H39NO10/c1-19(37-24(32)21-12-10-9-11-13-21)17-30(31,25(33)36-8)18-20-14-15-22(38-26(34)40-28(2,3)4)23(16-20)39-27(35)41-29(5,6)7/h9-16,19H,17-18,31H2,1-8H3/t19-,30?/m0/s1. The maximum Gasteiger partial charge on any atom is 0.514 e. The molecule has 224 valence electrons. The second-order valence-electron chi connectivity index (χ2n) is 11.5. The summed E-state index contributed by atoms with van der Waals surface area (Å²) in [5.41, 5.74) is 3.97. The third kappa shape index (κ3) is 11.1. The molecule has 2 rings (SSSR count). The Labute approximate surface area is 240 Å². The van der Waals surface area contributed by atoms with Gasteiger partial charge in [-0.1, -0.05) is 24.3 Å². The number of esters is 2. The largest absolute Gasteiger partial charge is 0.514 e. The van der Waals surface area contributed by atoms with E-state index in [1.807, 2.05) is 0 Å². The highest BCUT2D eigenvalue weighted by Gasteiger charge is 2.38. The summed E-state index contributed by atoms with van der Waals surface area (Å²) in [6, 6.07) is 12.7. The van der Waals surface area contributed by atoms with Crippen molar-refractivity contribution < 1.29 is 47.6 Å². The van der Waals surface area contributed by atoms with E-state index in [0.717, 1.165) is 0 Å². The van der Waals surface area contributed by atoms with Crippen LogP contribution < -0.4 is 15.2 Å². The van der Waals surface area contributed by atoms with Gasteiger partial charge in [-0.05, 0) is 78.3 Å². The number of carbonyl (C=O) groups is 4. The Morgan fingerprint density at radius 2 is 1.34 bits per heavy atom. The highest BCUT2D eigenvalue weighted by atomic mass is 16.8. The average molecular weight is 574 g/mol. The third-order valence-electron chi connectivity index (χ3n) is 5.25. The van der Waals surface area contributed by atoms with Gasteiger partial charge in [-0.2, -0.15) is 0 Å². The summed E-state index contributed by atoms with van der Waals surface area (Å²) in [5.74, 6) is -1.61. The van der Waals surface area contributed by atoms with Gasteiger partial charge >= 0.3 is 24.2 Å². The first-order valence-corrected chi connectivity index (χ1v) is 13.0. The van der Waals surface area contributed by atoms with Crippen LogP contribution in [-0.4, -0.2) is 54.2 Å². The van der Waals surface area contributed by atoms with E-state index in [2.05, 4.69) is 0 Å². The topological polar surface area (TPSA) is 150 Å². The Balaban J connectivity index is 2.33. The first-order valence-electron chi connectivity index (χ1n) is 13.0. The van der Waals surface area contributed by atoms with Gasteiger partial charge in [0.15, 0.2) is 11.5 Å². The Morgan fingerprint density at radius 3 is 1.85 bits per heavy atom. The summed E-state index contributed by atoms with van der Waals surface area (Å²) in [7, 11) is 1.19. The molecule has 2 aromatic rings. The predicted molar refractivity (Wildman–Crippen MR) is 149 cm³/mol. The molecule has 0 saturated carbocycles. The summed E-state index contributed by atoms with van der Waals surface area (Å²) in [5, 5.41) is 0. The zero-order valence-corrected chi connectivity index (χ0v) is 24.8. The minimum atomic E-state index is -1.64. The molecular weight excluding hydrogens is 534 g/mol. The highest BCUT2D eigenvalue weighted by Crippen LogP contribution is 2.32. The molecule has 0 fully saturated rings. The molecule has 0 spiro atoms. The van der Waals surface area contributed by atoms with Gasteiger partial charge < -0.3 is 34.2 Å². The molecule has 0 aliphatic carbocycles. The molecule has 2 atom stereocenters. The quantitative estimate of drug-likeness (QED) is 0.234. The molecule has 11 heteroatoms. The van der Waals surface area contributed by atoms with Gasteiger partial charge in [0.25, 0.3) is 0 Å². The molecule has 0 aromatic heterocycles. The summed E-state index contributed by atoms with van der Waals surface area (Å²) in [4.78, 5) is 50.1. The van der Waals surface area contributed by atoms with Crippen LogP contribution in [0.2, 0.25) is 0 Å². The fourth-order valence-electron chi connectivity index (χ4n) is 3.72. The van der Waals surface area contributed by atoms with Crippen LogP contribution in [-0.2, 0) is 30.2 Å². The number of ether oxygens (including phenoxy) is 6. The van der Waals surface area contributed by atoms with E-state index in [-0.39, 0.29) is 24.3 Å². The van der Waals surface area contributed by atoms with Crippen LogP contribution in [0.5, 0.6) is 11.5 Å². The van der Waals surface area contributed by atoms with Crippen molar-refractivity contribution in [3.63, 3.8) is 0 Å². The minimum Gasteiger partial charge on any atom is -0.468 e. The molecule has 2 aromatic carbocycles. The van der Waals surface area contributed by atoms with Gasteiger partial charge in [-0.25, -0.2) is 14.4 Å². The van der Waals surface area contributed by atoms with Gasteiger partial charge in [-0.3, -0.25) is 4.79 Å². The van der Waals surface area contributed by atoms with E-state index in [4.69, 9.17) is 34.2 Å².